The molecule has 42 valence electrons. The highest BCUT2D eigenvalue weighted by atomic mass is 16.6. The fraction of sp³-hybridized carbons (Fsp3) is 1.00. The Morgan fingerprint density at radius 3 is 2.57 bits per heavy atom. The van der Waals surface area contributed by atoms with Gasteiger partial charge in [0.2, 0.25) is 0 Å². The number of rotatable bonds is 0. The Labute approximate surface area is 43.4 Å². The number of ether oxygens (including phenoxy) is 2. The summed E-state index contributed by atoms with van der Waals surface area (Å²) in [5.41, 5.74) is 0. The highest BCUT2D eigenvalue weighted by molar-refractivity contribution is 4.50. The molecule has 0 radical (unpaired) electrons. The van der Waals surface area contributed by atoms with Crippen molar-refractivity contribution in [2.24, 2.45) is 0 Å². The Hall–Kier alpha value is -0.0800. The van der Waals surface area contributed by atoms with Gasteiger partial charge >= 0.3 is 0 Å². The van der Waals surface area contributed by atoms with Gasteiger partial charge in [-0.3, -0.25) is 0 Å². The van der Waals surface area contributed by atoms with Crippen molar-refractivity contribution in [2.45, 2.75) is 13.0 Å². The predicted molar refractivity (Wildman–Crippen MR) is 26.2 cm³/mol. The maximum atomic E-state index is 5.15. The lowest BCUT2D eigenvalue weighted by Crippen LogP contribution is -2.25. The lowest BCUT2D eigenvalue weighted by molar-refractivity contribution is -0.0797. The average Bonchev–Trinajstić information content (AvgIpc) is 1.69. The third kappa shape index (κ3) is 1.45. The Kier molecular flexibility index (Phi) is 1.65. The zero-order valence-corrected chi connectivity index (χ0v) is 4.52. The van der Waals surface area contributed by atoms with Crippen LogP contribution in [0.3, 0.4) is 0 Å². The molecule has 0 amide bonds. The maximum absolute atomic E-state index is 5.15. The zero-order chi connectivity index (χ0) is 5.11. The zero-order valence-electron chi connectivity index (χ0n) is 4.52. The summed E-state index contributed by atoms with van der Waals surface area (Å²) in [6.07, 6.45) is 0.314. The lowest BCUT2D eigenvalue weighted by atomic mass is 10.4. The molecule has 0 saturated carbocycles. The van der Waals surface area contributed by atoms with Crippen LogP contribution in [0.1, 0.15) is 6.92 Å². The van der Waals surface area contributed by atoms with E-state index in [9.17, 15) is 0 Å². The smallest absolute Gasteiger partial charge is 0.0781 e. The molecule has 0 spiro atoms. The van der Waals surface area contributed by atoms with Crippen LogP contribution in [0.15, 0.2) is 0 Å². The summed E-state index contributed by atoms with van der Waals surface area (Å²) in [7, 11) is 0. The van der Waals surface area contributed by atoms with E-state index in [1.807, 2.05) is 6.92 Å². The van der Waals surface area contributed by atoms with Crippen LogP contribution in [0.25, 0.3) is 0 Å². The molecule has 1 fully saturated rings. The molecule has 1 atom stereocenters. The Morgan fingerprint density at radius 2 is 2.29 bits per heavy atom. The minimum absolute atomic E-state index is 0.314. The van der Waals surface area contributed by atoms with Crippen molar-refractivity contribution in [3.63, 3.8) is 0 Å². The van der Waals surface area contributed by atoms with E-state index < -0.39 is 0 Å². The molecule has 0 unspecified atom stereocenters. The quantitative estimate of drug-likeness (QED) is 0.441. The van der Waals surface area contributed by atoms with Gasteiger partial charge in [0.1, 0.15) is 0 Å². The molecular weight excluding hydrogens is 92.1 g/mol. The minimum atomic E-state index is 0.314. The van der Waals surface area contributed by atoms with Crippen LogP contribution < -0.4 is 0 Å². The standard InChI is InChI=1S/C5H10O2/c1-5-4-6-2-3-7-5/h5H,2-4H2,1H3/t5-/m1/s1. The van der Waals surface area contributed by atoms with Gasteiger partial charge in [-0.05, 0) is 6.92 Å². The first kappa shape index (κ1) is 5.06. The van der Waals surface area contributed by atoms with E-state index >= 15 is 0 Å². The van der Waals surface area contributed by atoms with Gasteiger partial charge in [0.15, 0.2) is 0 Å². The third-order valence-electron chi connectivity index (χ3n) is 0.983. The van der Waals surface area contributed by atoms with Crippen LogP contribution in [-0.2, 0) is 9.47 Å². The van der Waals surface area contributed by atoms with Crippen LogP contribution >= 0.6 is 0 Å². The number of hydrogen-bond donors (Lipinski definition) is 0. The molecule has 0 aliphatic carbocycles. The molecule has 0 aromatic heterocycles. The Bertz CT molecular complexity index is 48.0. The van der Waals surface area contributed by atoms with E-state index in [-0.39, 0.29) is 0 Å². The van der Waals surface area contributed by atoms with Crippen molar-refractivity contribution >= 4 is 0 Å². The summed E-state index contributed by atoms with van der Waals surface area (Å²) >= 11 is 0. The van der Waals surface area contributed by atoms with Crippen LogP contribution in [0.2, 0.25) is 0 Å². The summed E-state index contributed by atoms with van der Waals surface area (Å²) in [5.74, 6) is 0. The normalized spacial score (nSPS) is 33.0. The largest absolute Gasteiger partial charge is 0.376 e. The first-order valence-electron chi connectivity index (χ1n) is 2.59. The fourth-order valence-corrected chi connectivity index (χ4v) is 0.606. The monoisotopic (exact) mass is 102 g/mol. The van der Waals surface area contributed by atoms with Crippen LogP contribution in [0.5, 0.6) is 0 Å². The molecule has 7 heavy (non-hydrogen) atoms. The predicted octanol–water partition coefficient (Wildman–Crippen LogP) is 0.422. The van der Waals surface area contributed by atoms with Gasteiger partial charge in [0.05, 0.1) is 25.9 Å². The fourth-order valence-electron chi connectivity index (χ4n) is 0.606. The molecule has 1 rings (SSSR count). The third-order valence-corrected chi connectivity index (χ3v) is 0.983. The van der Waals surface area contributed by atoms with Crippen molar-refractivity contribution in [3.8, 4) is 0 Å². The lowest BCUT2D eigenvalue weighted by Gasteiger charge is -2.18. The van der Waals surface area contributed by atoms with Crippen molar-refractivity contribution in [1.82, 2.24) is 0 Å². The topological polar surface area (TPSA) is 18.5 Å². The van der Waals surface area contributed by atoms with Gasteiger partial charge in [0.25, 0.3) is 0 Å². The summed E-state index contributed by atoms with van der Waals surface area (Å²) < 4.78 is 10.2. The molecule has 1 heterocycles. The Balaban J connectivity index is 2.12. The van der Waals surface area contributed by atoms with Crippen LogP contribution in [0, 0.1) is 0 Å². The molecule has 0 aromatic carbocycles. The molecule has 0 N–H and O–H groups in total. The second kappa shape index (κ2) is 2.28. The van der Waals surface area contributed by atoms with E-state index in [0.29, 0.717) is 6.10 Å². The summed E-state index contributed by atoms with van der Waals surface area (Å²) in [4.78, 5) is 0. The van der Waals surface area contributed by atoms with E-state index in [4.69, 9.17) is 9.47 Å². The first-order valence-corrected chi connectivity index (χ1v) is 2.59. The number of hydrogen-bond acceptors (Lipinski definition) is 2. The van der Waals surface area contributed by atoms with E-state index in [0.717, 1.165) is 19.8 Å². The van der Waals surface area contributed by atoms with Gasteiger partial charge in [-0.1, -0.05) is 0 Å². The molecule has 2 heteroatoms. The van der Waals surface area contributed by atoms with E-state index in [1.165, 1.54) is 0 Å². The molecule has 0 bridgehead atoms. The van der Waals surface area contributed by atoms with Crippen molar-refractivity contribution in [3.05, 3.63) is 0 Å². The van der Waals surface area contributed by atoms with Gasteiger partial charge < -0.3 is 9.47 Å². The van der Waals surface area contributed by atoms with Gasteiger partial charge in [0, 0.05) is 0 Å². The van der Waals surface area contributed by atoms with Gasteiger partial charge in [-0.2, -0.15) is 0 Å². The maximum Gasteiger partial charge on any atom is 0.0781 e. The van der Waals surface area contributed by atoms with Crippen LogP contribution in [-0.4, -0.2) is 25.9 Å². The second-order valence-electron chi connectivity index (χ2n) is 1.76. The molecule has 1 saturated heterocycles. The van der Waals surface area contributed by atoms with E-state index in [2.05, 4.69) is 0 Å². The van der Waals surface area contributed by atoms with Crippen molar-refractivity contribution in [2.75, 3.05) is 19.8 Å². The molecule has 1 aliphatic heterocycles. The second-order valence-corrected chi connectivity index (χ2v) is 1.76. The van der Waals surface area contributed by atoms with E-state index in [1.54, 1.807) is 0 Å². The molecule has 2 nitrogen and oxygen atoms in total. The highest BCUT2D eigenvalue weighted by Gasteiger charge is 2.06. The molecule has 0 aromatic rings. The minimum Gasteiger partial charge on any atom is -0.376 e. The Morgan fingerprint density at radius 1 is 1.43 bits per heavy atom. The molecular formula is C5H10O2. The summed E-state index contributed by atoms with van der Waals surface area (Å²) in [6.45, 7) is 4.31. The van der Waals surface area contributed by atoms with Gasteiger partial charge in [-0.25, -0.2) is 0 Å². The summed E-state index contributed by atoms with van der Waals surface area (Å²) in [6, 6.07) is 0. The highest BCUT2D eigenvalue weighted by Crippen LogP contribution is 1.96. The summed E-state index contributed by atoms with van der Waals surface area (Å²) in [5, 5.41) is 0. The van der Waals surface area contributed by atoms with Crippen molar-refractivity contribution in [1.29, 1.82) is 0 Å². The van der Waals surface area contributed by atoms with Crippen LogP contribution in [0.4, 0.5) is 0 Å². The average molecular weight is 102 g/mol. The molecule has 1 aliphatic rings. The van der Waals surface area contributed by atoms with Gasteiger partial charge in [-0.15, -0.1) is 0 Å². The SMILES string of the molecule is C[C@@H]1COCCO1. The van der Waals surface area contributed by atoms with Crippen molar-refractivity contribution < 1.29 is 9.47 Å². The first-order chi connectivity index (χ1) is 3.39.